The van der Waals surface area contributed by atoms with E-state index in [4.69, 9.17) is 4.74 Å². The van der Waals surface area contributed by atoms with Gasteiger partial charge in [-0.1, -0.05) is 6.07 Å². The fourth-order valence-corrected chi connectivity index (χ4v) is 1.68. The molecule has 0 fully saturated rings. The summed E-state index contributed by atoms with van der Waals surface area (Å²) in [5.41, 5.74) is -0.416. The van der Waals surface area contributed by atoms with Crippen LogP contribution in [0.2, 0.25) is 0 Å². The number of ether oxygens (including phenoxy) is 1. The van der Waals surface area contributed by atoms with Crippen LogP contribution >= 0.6 is 0 Å². The SMILES string of the molecule is CC1(C)Oc2cc(C(C)(C)O)ccc2NC1=O. The summed E-state index contributed by atoms with van der Waals surface area (Å²) in [4.78, 5) is 11.7. The van der Waals surface area contributed by atoms with E-state index >= 15 is 0 Å². The predicted molar refractivity (Wildman–Crippen MR) is 65.0 cm³/mol. The molecule has 0 atom stereocenters. The summed E-state index contributed by atoms with van der Waals surface area (Å²) in [6.07, 6.45) is 0. The Kier molecular flexibility index (Phi) is 2.43. The van der Waals surface area contributed by atoms with Crippen LogP contribution in [0.25, 0.3) is 0 Å². The number of carbonyl (C=O) groups is 1. The van der Waals surface area contributed by atoms with Crippen molar-refractivity contribution >= 4 is 11.6 Å². The monoisotopic (exact) mass is 235 g/mol. The number of anilines is 1. The zero-order chi connectivity index (χ0) is 12.8. The Bertz CT molecular complexity index is 472. The number of nitrogens with one attached hydrogen (secondary N) is 1. The van der Waals surface area contributed by atoms with Crippen molar-refractivity contribution < 1.29 is 14.6 Å². The van der Waals surface area contributed by atoms with Crippen molar-refractivity contribution in [2.24, 2.45) is 0 Å². The van der Waals surface area contributed by atoms with Crippen molar-refractivity contribution in [1.29, 1.82) is 0 Å². The topological polar surface area (TPSA) is 58.6 Å². The van der Waals surface area contributed by atoms with E-state index in [9.17, 15) is 9.90 Å². The first-order valence-corrected chi connectivity index (χ1v) is 5.57. The maximum absolute atomic E-state index is 11.7. The van der Waals surface area contributed by atoms with Gasteiger partial charge in [0.2, 0.25) is 0 Å². The lowest BCUT2D eigenvalue weighted by molar-refractivity contribution is -0.129. The number of amides is 1. The molecule has 0 saturated carbocycles. The summed E-state index contributed by atoms with van der Waals surface area (Å²) in [5.74, 6) is 0.426. The molecule has 1 aliphatic rings. The van der Waals surface area contributed by atoms with Crippen LogP contribution in [-0.2, 0) is 10.4 Å². The molecule has 1 aliphatic heterocycles. The van der Waals surface area contributed by atoms with Gasteiger partial charge in [-0.05, 0) is 45.4 Å². The lowest BCUT2D eigenvalue weighted by atomic mass is 9.96. The van der Waals surface area contributed by atoms with Gasteiger partial charge in [0.25, 0.3) is 5.91 Å². The minimum Gasteiger partial charge on any atom is -0.476 e. The summed E-state index contributed by atoms with van der Waals surface area (Å²) in [6, 6.07) is 5.28. The summed E-state index contributed by atoms with van der Waals surface area (Å²) >= 11 is 0. The molecule has 0 spiro atoms. The summed E-state index contributed by atoms with van der Waals surface area (Å²) < 4.78 is 5.64. The molecule has 2 N–H and O–H groups in total. The molecule has 1 heterocycles. The van der Waals surface area contributed by atoms with Crippen LogP contribution in [0.3, 0.4) is 0 Å². The lowest BCUT2D eigenvalue weighted by Gasteiger charge is -2.32. The van der Waals surface area contributed by atoms with Crippen LogP contribution < -0.4 is 10.1 Å². The van der Waals surface area contributed by atoms with Crippen LogP contribution in [0.4, 0.5) is 5.69 Å². The Morgan fingerprint density at radius 3 is 2.59 bits per heavy atom. The van der Waals surface area contributed by atoms with Crippen LogP contribution in [0.5, 0.6) is 5.75 Å². The molecule has 1 amide bonds. The molecule has 0 unspecified atom stereocenters. The van der Waals surface area contributed by atoms with Gasteiger partial charge in [-0.15, -0.1) is 0 Å². The normalized spacial score (nSPS) is 18.1. The van der Waals surface area contributed by atoms with Crippen molar-refractivity contribution in [1.82, 2.24) is 0 Å². The van der Waals surface area contributed by atoms with Gasteiger partial charge in [0, 0.05) is 0 Å². The molecular weight excluding hydrogens is 218 g/mol. The molecule has 0 aromatic heterocycles. The van der Waals surface area contributed by atoms with Gasteiger partial charge in [-0.25, -0.2) is 0 Å². The van der Waals surface area contributed by atoms with Gasteiger partial charge in [-0.2, -0.15) is 0 Å². The van der Waals surface area contributed by atoms with E-state index in [0.717, 1.165) is 5.56 Å². The predicted octanol–water partition coefficient (Wildman–Crippen LogP) is 2.02. The van der Waals surface area contributed by atoms with E-state index < -0.39 is 11.2 Å². The molecule has 0 saturated heterocycles. The van der Waals surface area contributed by atoms with Crippen LogP contribution in [0.15, 0.2) is 18.2 Å². The fraction of sp³-hybridized carbons (Fsp3) is 0.462. The number of aliphatic hydroxyl groups is 1. The van der Waals surface area contributed by atoms with Gasteiger partial charge in [0.1, 0.15) is 5.75 Å². The first-order valence-electron chi connectivity index (χ1n) is 5.57. The van der Waals surface area contributed by atoms with E-state index in [1.807, 2.05) is 0 Å². The smallest absolute Gasteiger partial charge is 0.268 e. The number of hydrogen-bond acceptors (Lipinski definition) is 3. The molecule has 4 heteroatoms. The molecule has 4 nitrogen and oxygen atoms in total. The van der Waals surface area contributed by atoms with Crippen LogP contribution in [-0.4, -0.2) is 16.6 Å². The number of carbonyl (C=O) groups excluding carboxylic acids is 1. The molecule has 0 aliphatic carbocycles. The number of fused-ring (bicyclic) bond motifs is 1. The van der Waals surface area contributed by atoms with E-state index in [0.29, 0.717) is 11.4 Å². The second-order valence-electron chi connectivity index (χ2n) is 5.34. The fourth-order valence-electron chi connectivity index (χ4n) is 1.68. The third-order valence-corrected chi connectivity index (χ3v) is 2.85. The van der Waals surface area contributed by atoms with Gasteiger partial charge in [0.05, 0.1) is 11.3 Å². The van der Waals surface area contributed by atoms with Gasteiger partial charge in [0.15, 0.2) is 5.60 Å². The number of hydrogen-bond donors (Lipinski definition) is 2. The molecule has 0 bridgehead atoms. The molecule has 0 radical (unpaired) electrons. The number of benzene rings is 1. The van der Waals surface area contributed by atoms with E-state index in [1.54, 1.807) is 45.9 Å². The largest absolute Gasteiger partial charge is 0.476 e. The minimum atomic E-state index is -0.927. The maximum atomic E-state index is 11.7. The zero-order valence-corrected chi connectivity index (χ0v) is 10.5. The average Bonchev–Trinajstić information content (AvgIpc) is 2.17. The highest BCUT2D eigenvalue weighted by molar-refractivity contribution is 6.00. The molecule has 17 heavy (non-hydrogen) atoms. The van der Waals surface area contributed by atoms with Crippen LogP contribution in [0.1, 0.15) is 33.3 Å². The Morgan fingerprint density at radius 2 is 2.00 bits per heavy atom. The highest BCUT2D eigenvalue weighted by Crippen LogP contribution is 2.36. The second-order valence-corrected chi connectivity index (χ2v) is 5.34. The van der Waals surface area contributed by atoms with Crippen molar-refractivity contribution in [2.45, 2.75) is 38.9 Å². The Morgan fingerprint density at radius 1 is 1.35 bits per heavy atom. The third kappa shape index (κ3) is 2.13. The highest BCUT2D eigenvalue weighted by atomic mass is 16.5. The second kappa shape index (κ2) is 3.47. The van der Waals surface area contributed by atoms with Crippen LogP contribution in [0, 0.1) is 0 Å². The quantitative estimate of drug-likeness (QED) is 0.783. The summed E-state index contributed by atoms with van der Waals surface area (Å²) in [5, 5.41) is 12.7. The van der Waals surface area contributed by atoms with Gasteiger partial charge >= 0.3 is 0 Å². The first-order chi connectivity index (χ1) is 7.70. The Hall–Kier alpha value is -1.55. The highest BCUT2D eigenvalue weighted by Gasteiger charge is 2.35. The number of rotatable bonds is 1. The van der Waals surface area contributed by atoms with Gasteiger partial charge < -0.3 is 15.2 Å². The van der Waals surface area contributed by atoms with E-state index in [-0.39, 0.29) is 5.91 Å². The first kappa shape index (κ1) is 11.9. The molecule has 2 rings (SSSR count). The third-order valence-electron chi connectivity index (χ3n) is 2.85. The lowest BCUT2D eigenvalue weighted by Crippen LogP contribution is -2.45. The molecule has 1 aromatic rings. The molecule has 1 aromatic carbocycles. The van der Waals surface area contributed by atoms with E-state index in [2.05, 4.69) is 5.32 Å². The molecular formula is C13H17NO3. The van der Waals surface area contributed by atoms with Crippen molar-refractivity contribution in [2.75, 3.05) is 5.32 Å². The summed E-state index contributed by atoms with van der Waals surface area (Å²) in [7, 11) is 0. The Balaban J connectivity index is 2.45. The summed E-state index contributed by atoms with van der Waals surface area (Å²) in [6.45, 7) is 6.84. The molecule has 92 valence electrons. The van der Waals surface area contributed by atoms with Crippen molar-refractivity contribution in [3.05, 3.63) is 23.8 Å². The minimum absolute atomic E-state index is 0.166. The van der Waals surface area contributed by atoms with Gasteiger partial charge in [-0.3, -0.25) is 4.79 Å². The average molecular weight is 235 g/mol. The van der Waals surface area contributed by atoms with E-state index in [1.165, 1.54) is 0 Å². The standard InChI is InChI=1S/C13H17NO3/c1-12(2,16)8-5-6-9-10(7-8)17-13(3,4)11(15)14-9/h5-7,16H,1-4H3,(H,14,15). The van der Waals surface area contributed by atoms with Crippen molar-refractivity contribution in [3.8, 4) is 5.75 Å². The Labute approximate surface area is 101 Å². The van der Waals surface area contributed by atoms with Crippen molar-refractivity contribution in [3.63, 3.8) is 0 Å². The zero-order valence-electron chi connectivity index (χ0n) is 10.5. The maximum Gasteiger partial charge on any atom is 0.268 e.